The summed E-state index contributed by atoms with van der Waals surface area (Å²) in [7, 11) is 0. The van der Waals surface area contributed by atoms with Gasteiger partial charge in [-0.2, -0.15) is 0 Å². The number of anilines is 1. The van der Waals surface area contributed by atoms with E-state index in [0.717, 1.165) is 6.07 Å². The highest BCUT2D eigenvalue weighted by Gasteiger charge is 2.23. The molecule has 0 heterocycles. The maximum Gasteiger partial charge on any atom is 0.332 e. The molecule has 0 aliphatic carbocycles. The Morgan fingerprint density at radius 3 is 2.83 bits per heavy atom. The smallest absolute Gasteiger partial charge is 0.332 e. The molecule has 0 spiro atoms. The van der Waals surface area contributed by atoms with Crippen molar-refractivity contribution in [1.82, 2.24) is 0 Å². The summed E-state index contributed by atoms with van der Waals surface area (Å²) in [5.74, 6) is -2.11. The Labute approximate surface area is 112 Å². The van der Waals surface area contributed by atoms with E-state index in [-0.39, 0.29) is 12.3 Å². The SMILES string of the molecule is CCOC(=O)C(N)C(=O)Nc1cc(F)ccc1Br. The zero-order valence-corrected chi connectivity index (χ0v) is 11.2. The lowest BCUT2D eigenvalue weighted by Gasteiger charge is -2.12. The molecular formula is C11H12BrFN2O3. The highest BCUT2D eigenvalue weighted by molar-refractivity contribution is 9.10. The number of hydrogen-bond donors (Lipinski definition) is 2. The number of hydrogen-bond acceptors (Lipinski definition) is 4. The van der Waals surface area contributed by atoms with Gasteiger partial charge in [0.2, 0.25) is 0 Å². The summed E-state index contributed by atoms with van der Waals surface area (Å²) in [5.41, 5.74) is 5.58. The molecule has 18 heavy (non-hydrogen) atoms. The second-order valence-corrected chi connectivity index (χ2v) is 4.20. The van der Waals surface area contributed by atoms with Gasteiger partial charge in [0.1, 0.15) is 5.82 Å². The van der Waals surface area contributed by atoms with E-state index in [0.29, 0.717) is 4.47 Å². The molecule has 0 radical (unpaired) electrons. The minimum absolute atomic E-state index is 0.128. The molecule has 0 saturated carbocycles. The van der Waals surface area contributed by atoms with Gasteiger partial charge in [-0.25, -0.2) is 9.18 Å². The highest BCUT2D eigenvalue weighted by Crippen LogP contribution is 2.23. The number of carbonyl (C=O) groups excluding carboxylic acids is 2. The van der Waals surface area contributed by atoms with Gasteiger partial charge in [-0.3, -0.25) is 4.79 Å². The van der Waals surface area contributed by atoms with Crippen LogP contribution in [0.2, 0.25) is 0 Å². The van der Waals surface area contributed by atoms with Crippen LogP contribution >= 0.6 is 15.9 Å². The predicted molar refractivity (Wildman–Crippen MR) is 67.3 cm³/mol. The van der Waals surface area contributed by atoms with Gasteiger partial charge in [-0.1, -0.05) is 0 Å². The molecule has 0 aliphatic rings. The van der Waals surface area contributed by atoms with Crippen molar-refractivity contribution in [3.63, 3.8) is 0 Å². The Bertz CT molecular complexity index is 468. The normalized spacial score (nSPS) is 11.8. The Hall–Kier alpha value is -1.47. The van der Waals surface area contributed by atoms with Crippen molar-refractivity contribution in [3.05, 3.63) is 28.5 Å². The Morgan fingerprint density at radius 2 is 2.22 bits per heavy atom. The molecule has 1 aromatic carbocycles. The molecule has 0 saturated heterocycles. The zero-order valence-electron chi connectivity index (χ0n) is 9.57. The van der Waals surface area contributed by atoms with Crippen LogP contribution in [0.5, 0.6) is 0 Å². The molecule has 3 N–H and O–H groups in total. The first-order valence-corrected chi connectivity index (χ1v) is 5.93. The van der Waals surface area contributed by atoms with Crippen molar-refractivity contribution in [2.24, 2.45) is 5.73 Å². The lowest BCUT2D eigenvalue weighted by Crippen LogP contribution is -2.43. The molecule has 0 aromatic heterocycles. The third kappa shape index (κ3) is 3.78. The first-order valence-electron chi connectivity index (χ1n) is 5.13. The molecule has 1 unspecified atom stereocenters. The van der Waals surface area contributed by atoms with Gasteiger partial charge < -0.3 is 15.8 Å². The van der Waals surface area contributed by atoms with Gasteiger partial charge in [0.05, 0.1) is 12.3 Å². The number of esters is 1. The van der Waals surface area contributed by atoms with Crippen LogP contribution in [0, 0.1) is 5.82 Å². The first kappa shape index (κ1) is 14.6. The van der Waals surface area contributed by atoms with Gasteiger partial charge in [0, 0.05) is 4.47 Å². The maximum atomic E-state index is 13.0. The fourth-order valence-electron chi connectivity index (χ4n) is 1.14. The van der Waals surface area contributed by atoms with Crippen molar-refractivity contribution < 1.29 is 18.7 Å². The Morgan fingerprint density at radius 1 is 1.56 bits per heavy atom. The van der Waals surface area contributed by atoms with E-state index in [2.05, 4.69) is 26.0 Å². The van der Waals surface area contributed by atoms with Crippen molar-refractivity contribution in [2.75, 3.05) is 11.9 Å². The fourth-order valence-corrected chi connectivity index (χ4v) is 1.49. The molecule has 0 aliphatic heterocycles. The summed E-state index contributed by atoms with van der Waals surface area (Å²) in [6.07, 6.45) is 0. The van der Waals surface area contributed by atoms with Crippen LogP contribution in [0.1, 0.15) is 6.92 Å². The van der Waals surface area contributed by atoms with Crippen molar-refractivity contribution in [3.8, 4) is 0 Å². The summed E-state index contributed by atoms with van der Waals surface area (Å²) in [4.78, 5) is 22.8. The second-order valence-electron chi connectivity index (χ2n) is 3.34. The van der Waals surface area contributed by atoms with Crippen LogP contribution in [-0.2, 0) is 14.3 Å². The van der Waals surface area contributed by atoms with Crippen molar-refractivity contribution >= 4 is 33.5 Å². The molecule has 98 valence electrons. The summed E-state index contributed by atoms with van der Waals surface area (Å²) < 4.78 is 18.1. The number of nitrogens with one attached hydrogen (secondary N) is 1. The van der Waals surface area contributed by atoms with Gasteiger partial charge in [-0.15, -0.1) is 0 Å². The maximum absolute atomic E-state index is 13.0. The van der Waals surface area contributed by atoms with Crippen LogP contribution < -0.4 is 11.1 Å². The van der Waals surface area contributed by atoms with Crippen LogP contribution in [0.25, 0.3) is 0 Å². The molecule has 7 heteroatoms. The molecule has 0 bridgehead atoms. The monoisotopic (exact) mass is 318 g/mol. The number of halogens is 2. The molecule has 0 fully saturated rings. The third-order valence-corrected chi connectivity index (χ3v) is 2.70. The number of carbonyl (C=O) groups is 2. The number of ether oxygens (including phenoxy) is 1. The minimum atomic E-state index is -1.44. The van der Waals surface area contributed by atoms with E-state index in [9.17, 15) is 14.0 Å². The zero-order chi connectivity index (χ0) is 13.7. The Balaban J connectivity index is 2.75. The summed E-state index contributed by atoms with van der Waals surface area (Å²) in [6, 6.07) is 2.33. The highest BCUT2D eigenvalue weighted by atomic mass is 79.9. The summed E-state index contributed by atoms with van der Waals surface area (Å²) >= 11 is 3.14. The Kier molecular flexibility index (Phi) is 5.24. The van der Waals surface area contributed by atoms with E-state index < -0.39 is 23.7 Å². The molecule has 1 amide bonds. The summed E-state index contributed by atoms with van der Waals surface area (Å²) in [5, 5.41) is 2.34. The first-order chi connectivity index (χ1) is 8.45. The van der Waals surface area contributed by atoms with Crippen molar-refractivity contribution in [2.45, 2.75) is 13.0 Å². The van der Waals surface area contributed by atoms with E-state index >= 15 is 0 Å². The number of amides is 1. The van der Waals surface area contributed by atoms with Crippen LogP contribution in [0.3, 0.4) is 0 Å². The van der Waals surface area contributed by atoms with E-state index in [1.165, 1.54) is 12.1 Å². The van der Waals surface area contributed by atoms with Gasteiger partial charge >= 0.3 is 5.97 Å². The molecule has 1 aromatic rings. The topological polar surface area (TPSA) is 81.4 Å². The fraction of sp³-hybridized carbons (Fsp3) is 0.273. The van der Waals surface area contributed by atoms with E-state index in [1.807, 2.05) is 0 Å². The van der Waals surface area contributed by atoms with Gasteiger partial charge in [-0.05, 0) is 41.1 Å². The third-order valence-electron chi connectivity index (χ3n) is 2.01. The standard InChI is InChI=1S/C11H12BrFN2O3/c1-2-18-11(17)9(14)10(16)15-8-5-6(13)3-4-7(8)12/h3-5,9H,2,14H2,1H3,(H,15,16). The van der Waals surface area contributed by atoms with Crippen LogP contribution in [0.4, 0.5) is 10.1 Å². The molecule has 5 nitrogen and oxygen atoms in total. The lowest BCUT2D eigenvalue weighted by atomic mass is 10.2. The minimum Gasteiger partial charge on any atom is -0.464 e. The molecule has 1 rings (SSSR count). The van der Waals surface area contributed by atoms with Crippen LogP contribution in [-0.4, -0.2) is 24.5 Å². The number of nitrogens with two attached hydrogens (primary N) is 1. The molecular weight excluding hydrogens is 307 g/mol. The van der Waals surface area contributed by atoms with Gasteiger partial charge in [0.15, 0.2) is 6.04 Å². The number of benzene rings is 1. The average molecular weight is 319 g/mol. The van der Waals surface area contributed by atoms with Gasteiger partial charge in [0.25, 0.3) is 5.91 Å². The largest absolute Gasteiger partial charge is 0.464 e. The number of rotatable bonds is 4. The van der Waals surface area contributed by atoms with E-state index in [4.69, 9.17) is 5.73 Å². The quantitative estimate of drug-likeness (QED) is 0.649. The van der Waals surface area contributed by atoms with Crippen molar-refractivity contribution in [1.29, 1.82) is 0 Å². The summed E-state index contributed by atoms with van der Waals surface area (Å²) in [6.45, 7) is 1.73. The van der Waals surface area contributed by atoms with E-state index in [1.54, 1.807) is 6.92 Å². The van der Waals surface area contributed by atoms with Crippen LogP contribution in [0.15, 0.2) is 22.7 Å². The lowest BCUT2D eigenvalue weighted by molar-refractivity contribution is -0.146. The molecule has 1 atom stereocenters. The average Bonchev–Trinajstić information content (AvgIpc) is 2.33. The predicted octanol–water partition coefficient (Wildman–Crippen LogP) is 1.42. The second kappa shape index (κ2) is 6.46.